The summed E-state index contributed by atoms with van der Waals surface area (Å²) in [5.74, 6) is 0. The zero-order chi connectivity index (χ0) is 15.4. The number of hydrogen-bond acceptors (Lipinski definition) is 3. The Hall–Kier alpha value is -1.16. The van der Waals surface area contributed by atoms with Gasteiger partial charge in [-0.2, -0.15) is 10.2 Å². The molecule has 1 N–H and O–H groups in total. The molecule has 5 heteroatoms. The van der Waals surface area contributed by atoms with Gasteiger partial charge in [-0.15, -0.1) is 0 Å². The van der Waals surface area contributed by atoms with E-state index in [0.717, 1.165) is 40.5 Å². The highest BCUT2D eigenvalue weighted by Gasteiger charge is 2.17. The summed E-state index contributed by atoms with van der Waals surface area (Å²) < 4.78 is 0. The molecule has 0 radical (unpaired) electrons. The van der Waals surface area contributed by atoms with Crippen LogP contribution in [0.2, 0.25) is 10.0 Å². The number of benzene rings is 1. The molecule has 1 aromatic carbocycles. The molecule has 0 fully saturated rings. The van der Waals surface area contributed by atoms with E-state index in [9.17, 15) is 0 Å². The van der Waals surface area contributed by atoms with Crippen molar-refractivity contribution in [1.29, 1.82) is 0 Å². The van der Waals surface area contributed by atoms with Gasteiger partial charge in [-0.05, 0) is 62.2 Å². The molecule has 0 aliphatic rings. The maximum absolute atomic E-state index is 6.28. The first-order valence-corrected chi connectivity index (χ1v) is 7.75. The fourth-order valence-corrected chi connectivity index (χ4v) is 2.77. The molecule has 0 saturated carbocycles. The minimum absolute atomic E-state index is 0.139. The van der Waals surface area contributed by atoms with E-state index < -0.39 is 0 Å². The fraction of sp³-hybridized carbons (Fsp3) is 0.375. The van der Waals surface area contributed by atoms with Crippen molar-refractivity contribution in [2.75, 3.05) is 6.54 Å². The Bertz CT molecular complexity index is 629. The molecule has 3 nitrogen and oxygen atoms in total. The molecule has 21 heavy (non-hydrogen) atoms. The van der Waals surface area contributed by atoms with Gasteiger partial charge in [0.1, 0.15) is 0 Å². The van der Waals surface area contributed by atoms with Crippen LogP contribution in [0.25, 0.3) is 0 Å². The molecule has 0 aliphatic carbocycles. The Balaban J connectivity index is 2.35. The molecule has 0 bridgehead atoms. The SMILES string of the molecule is CCNC(Cc1cc(Cl)ccc1Cl)c1cc(C)nnc1C. The molecular weight excluding hydrogens is 305 g/mol. The molecule has 1 unspecified atom stereocenters. The van der Waals surface area contributed by atoms with Crippen molar-refractivity contribution in [3.05, 3.63) is 56.8 Å². The predicted octanol–water partition coefficient (Wildman–Crippen LogP) is 4.29. The van der Waals surface area contributed by atoms with Gasteiger partial charge in [-0.25, -0.2) is 0 Å². The molecule has 0 aliphatic heterocycles. The Kier molecular flexibility index (Phi) is 5.57. The summed E-state index contributed by atoms with van der Waals surface area (Å²) in [6.45, 7) is 6.88. The standard InChI is InChI=1S/C16H19Cl2N3/c1-4-19-16(14-7-10(2)20-21-11(14)3)9-12-8-13(17)5-6-15(12)18/h5-8,16,19H,4,9H2,1-3H3. The van der Waals surface area contributed by atoms with Crippen LogP contribution in [0.3, 0.4) is 0 Å². The summed E-state index contributed by atoms with van der Waals surface area (Å²) in [6.07, 6.45) is 0.763. The predicted molar refractivity (Wildman–Crippen MR) is 88.1 cm³/mol. The van der Waals surface area contributed by atoms with E-state index in [0.29, 0.717) is 5.02 Å². The van der Waals surface area contributed by atoms with Gasteiger partial charge in [0.05, 0.1) is 11.4 Å². The third-order valence-electron chi connectivity index (χ3n) is 3.40. The van der Waals surface area contributed by atoms with Crippen LogP contribution in [0.1, 0.15) is 35.5 Å². The average Bonchev–Trinajstić information content (AvgIpc) is 2.45. The molecular formula is C16H19Cl2N3. The molecule has 1 atom stereocenters. The summed E-state index contributed by atoms with van der Waals surface area (Å²) in [5, 5.41) is 13.2. The number of halogens is 2. The number of hydrogen-bond donors (Lipinski definition) is 1. The van der Waals surface area contributed by atoms with Gasteiger partial charge >= 0.3 is 0 Å². The highest BCUT2D eigenvalue weighted by molar-refractivity contribution is 6.33. The summed E-state index contributed by atoms with van der Waals surface area (Å²) in [6, 6.07) is 7.78. The Morgan fingerprint density at radius 1 is 1.14 bits per heavy atom. The number of aryl methyl sites for hydroxylation is 2. The van der Waals surface area contributed by atoms with E-state index in [-0.39, 0.29) is 6.04 Å². The highest BCUT2D eigenvalue weighted by Crippen LogP contribution is 2.27. The van der Waals surface area contributed by atoms with Crippen molar-refractivity contribution >= 4 is 23.2 Å². The minimum atomic E-state index is 0.139. The largest absolute Gasteiger partial charge is 0.310 e. The van der Waals surface area contributed by atoms with Crippen LogP contribution in [-0.4, -0.2) is 16.7 Å². The van der Waals surface area contributed by atoms with Crippen molar-refractivity contribution in [3.8, 4) is 0 Å². The lowest BCUT2D eigenvalue weighted by molar-refractivity contribution is 0.542. The van der Waals surface area contributed by atoms with Crippen molar-refractivity contribution in [1.82, 2.24) is 15.5 Å². The van der Waals surface area contributed by atoms with Gasteiger partial charge in [0.2, 0.25) is 0 Å². The Morgan fingerprint density at radius 2 is 1.90 bits per heavy atom. The Labute approximate surface area is 135 Å². The molecule has 1 heterocycles. The molecule has 2 rings (SSSR count). The summed E-state index contributed by atoms with van der Waals surface area (Å²) in [4.78, 5) is 0. The van der Waals surface area contributed by atoms with Gasteiger partial charge < -0.3 is 5.32 Å². The highest BCUT2D eigenvalue weighted by atomic mass is 35.5. The number of nitrogens with one attached hydrogen (secondary N) is 1. The van der Waals surface area contributed by atoms with E-state index in [1.165, 1.54) is 0 Å². The zero-order valence-electron chi connectivity index (χ0n) is 12.5. The van der Waals surface area contributed by atoms with E-state index in [2.05, 4.69) is 28.5 Å². The lowest BCUT2D eigenvalue weighted by Gasteiger charge is -2.20. The van der Waals surface area contributed by atoms with Gasteiger partial charge in [-0.3, -0.25) is 0 Å². The lowest BCUT2D eigenvalue weighted by atomic mass is 9.97. The first-order chi connectivity index (χ1) is 10.0. The molecule has 0 spiro atoms. The number of rotatable bonds is 5. The molecule has 0 saturated heterocycles. The number of nitrogens with zero attached hydrogens (tertiary/aromatic N) is 2. The van der Waals surface area contributed by atoms with Crippen molar-refractivity contribution in [2.45, 2.75) is 33.2 Å². The van der Waals surface area contributed by atoms with E-state index in [1.54, 1.807) is 6.07 Å². The van der Waals surface area contributed by atoms with Crippen LogP contribution >= 0.6 is 23.2 Å². The lowest BCUT2D eigenvalue weighted by Crippen LogP contribution is -2.24. The third kappa shape index (κ3) is 4.16. The number of likely N-dealkylation sites (N-methyl/N-ethyl adjacent to an activating group) is 1. The Morgan fingerprint density at radius 3 is 2.62 bits per heavy atom. The third-order valence-corrected chi connectivity index (χ3v) is 4.00. The first kappa shape index (κ1) is 16.2. The normalized spacial score (nSPS) is 12.4. The van der Waals surface area contributed by atoms with Crippen LogP contribution in [0.4, 0.5) is 0 Å². The van der Waals surface area contributed by atoms with Crippen molar-refractivity contribution < 1.29 is 0 Å². The second-order valence-electron chi connectivity index (χ2n) is 5.08. The number of aromatic nitrogens is 2. The smallest absolute Gasteiger partial charge is 0.0648 e. The van der Waals surface area contributed by atoms with Crippen LogP contribution in [-0.2, 0) is 6.42 Å². The van der Waals surface area contributed by atoms with E-state index in [1.807, 2.05) is 26.0 Å². The maximum Gasteiger partial charge on any atom is 0.0648 e. The second kappa shape index (κ2) is 7.21. The summed E-state index contributed by atoms with van der Waals surface area (Å²) >= 11 is 12.4. The second-order valence-corrected chi connectivity index (χ2v) is 5.92. The molecule has 1 aromatic heterocycles. The van der Waals surface area contributed by atoms with Gasteiger partial charge in [-0.1, -0.05) is 30.1 Å². The zero-order valence-corrected chi connectivity index (χ0v) is 14.0. The van der Waals surface area contributed by atoms with E-state index in [4.69, 9.17) is 23.2 Å². The van der Waals surface area contributed by atoms with Crippen LogP contribution in [0, 0.1) is 13.8 Å². The molecule has 112 valence electrons. The van der Waals surface area contributed by atoms with Crippen LogP contribution < -0.4 is 5.32 Å². The molecule has 0 amide bonds. The summed E-state index contributed by atoms with van der Waals surface area (Å²) in [7, 11) is 0. The molecule has 2 aromatic rings. The van der Waals surface area contributed by atoms with Crippen molar-refractivity contribution in [3.63, 3.8) is 0 Å². The monoisotopic (exact) mass is 323 g/mol. The van der Waals surface area contributed by atoms with Crippen molar-refractivity contribution in [2.24, 2.45) is 0 Å². The first-order valence-electron chi connectivity index (χ1n) is 6.99. The fourth-order valence-electron chi connectivity index (χ4n) is 2.38. The van der Waals surface area contributed by atoms with Crippen LogP contribution in [0.5, 0.6) is 0 Å². The average molecular weight is 324 g/mol. The maximum atomic E-state index is 6.28. The quantitative estimate of drug-likeness (QED) is 0.891. The van der Waals surface area contributed by atoms with E-state index >= 15 is 0 Å². The van der Waals surface area contributed by atoms with Gasteiger partial charge in [0, 0.05) is 16.1 Å². The van der Waals surface area contributed by atoms with Gasteiger partial charge in [0.25, 0.3) is 0 Å². The topological polar surface area (TPSA) is 37.8 Å². The summed E-state index contributed by atoms with van der Waals surface area (Å²) in [5.41, 5.74) is 4.03. The van der Waals surface area contributed by atoms with Crippen LogP contribution in [0.15, 0.2) is 24.3 Å². The van der Waals surface area contributed by atoms with Gasteiger partial charge in [0.15, 0.2) is 0 Å². The minimum Gasteiger partial charge on any atom is -0.310 e.